The van der Waals surface area contributed by atoms with Crippen molar-refractivity contribution in [1.29, 1.82) is 0 Å². The highest BCUT2D eigenvalue weighted by Crippen LogP contribution is 2.27. The fourth-order valence-electron chi connectivity index (χ4n) is 3.54. The Hall–Kier alpha value is -2.19. The Balaban J connectivity index is 1.50. The Morgan fingerprint density at radius 2 is 1.84 bits per heavy atom. The number of aliphatic hydroxyl groups excluding tert-OH is 2. The first-order valence-corrected chi connectivity index (χ1v) is 10.9. The molecule has 1 aliphatic rings. The second-order valence-corrected chi connectivity index (χ2v) is 9.32. The van der Waals surface area contributed by atoms with E-state index in [1.807, 2.05) is 12.1 Å². The number of nitrogens with zero attached hydrogens (tertiary/aromatic N) is 3. The van der Waals surface area contributed by atoms with Crippen LogP contribution in [-0.2, 0) is 10.2 Å². The molecule has 1 fully saturated rings. The number of benzene rings is 1. The van der Waals surface area contributed by atoms with Gasteiger partial charge in [-0.1, -0.05) is 44.5 Å². The number of piperazine rings is 1. The van der Waals surface area contributed by atoms with E-state index in [1.165, 1.54) is 11.8 Å². The molecular weight excluding hydrogens is 416 g/mol. The molecule has 8 heteroatoms. The van der Waals surface area contributed by atoms with Crippen LogP contribution in [0.4, 0.5) is 11.5 Å². The van der Waals surface area contributed by atoms with Gasteiger partial charge >= 0.3 is 0 Å². The molecule has 1 atom stereocenters. The van der Waals surface area contributed by atoms with Gasteiger partial charge in [-0.25, -0.2) is 4.98 Å². The van der Waals surface area contributed by atoms with Crippen LogP contribution in [0, 0.1) is 0 Å². The molecule has 0 aliphatic carbocycles. The number of anilines is 2. The molecule has 1 saturated heterocycles. The Labute approximate surface area is 188 Å². The van der Waals surface area contributed by atoms with Gasteiger partial charge in [0.15, 0.2) is 0 Å². The van der Waals surface area contributed by atoms with Crippen molar-refractivity contribution in [2.75, 3.05) is 49.5 Å². The second-order valence-electron chi connectivity index (χ2n) is 8.91. The standard InChI is InChI=1S/C23H31ClN4O3/c1-23(2,3)17-4-6-18(7-5-17)26-21(31)14-27-8-10-28(11-9-27)22-19(24)12-16(13-25-22)20(30)15-29/h4-7,12-13,20,29-30H,8-11,14-15H2,1-3H3,(H,26,31)/t20-/m1/s1. The minimum atomic E-state index is -0.987. The van der Waals surface area contributed by atoms with Crippen molar-refractivity contribution in [2.45, 2.75) is 32.3 Å². The molecule has 3 rings (SSSR count). The van der Waals surface area contributed by atoms with E-state index in [1.54, 1.807) is 6.07 Å². The molecule has 1 aliphatic heterocycles. The average molecular weight is 447 g/mol. The number of carbonyl (C=O) groups is 1. The van der Waals surface area contributed by atoms with Gasteiger partial charge in [-0.15, -0.1) is 0 Å². The number of hydrogen-bond acceptors (Lipinski definition) is 6. The Bertz CT molecular complexity index is 891. The quantitative estimate of drug-likeness (QED) is 0.632. The van der Waals surface area contributed by atoms with Crippen LogP contribution < -0.4 is 10.2 Å². The van der Waals surface area contributed by atoms with Gasteiger partial charge in [0.2, 0.25) is 5.91 Å². The van der Waals surface area contributed by atoms with E-state index in [4.69, 9.17) is 16.7 Å². The fourth-order valence-corrected chi connectivity index (χ4v) is 3.84. The summed E-state index contributed by atoms with van der Waals surface area (Å²) >= 11 is 6.34. The molecule has 31 heavy (non-hydrogen) atoms. The van der Waals surface area contributed by atoms with E-state index in [0.717, 1.165) is 18.8 Å². The molecule has 7 nitrogen and oxygen atoms in total. The van der Waals surface area contributed by atoms with Crippen LogP contribution in [0.1, 0.15) is 38.0 Å². The molecule has 3 N–H and O–H groups in total. The second kappa shape index (κ2) is 9.96. The van der Waals surface area contributed by atoms with Crippen molar-refractivity contribution < 1.29 is 15.0 Å². The summed E-state index contributed by atoms with van der Waals surface area (Å²) < 4.78 is 0. The first-order valence-electron chi connectivity index (χ1n) is 10.5. The molecule has 1 aromatic heterocycles. The summed E-state index contributed by atoms with van der Waals surface area (Å²) in [6.45, 7) is 9.27. The predicted molar refractivity (Wildman–Crippen MR) is 124 cm³/mol. The summed E-state index contributed by atoms with van der Waals surface area (Å²) in [5.41, 5.74) is 2.60. The third-order valence-electron chi connectivity index (χ3n) is 5.47. The number of aliphatic hydroxyl groups is 2. The Morgan fingerprint density at radius 1 is 1.19 bits per heavy atom. The van der Waals surface area contributed by atoms with Crippen LogP contribution in [0.5, 0.6) is 0 Å². The van der Waals surface area contributed by atoms with E-state index >= 15 is 0 Å². The first-order chi connectivity index (χ1) is 14.7. The molecule has 0 unspecified atom stereocenters. The van der Waals surface area contributed by atoms with Crippen molar-refractivity contribution in [3.05, 3.63) is 52.7 Å². The molecular formula is C23H31ClN4O3. The van der Waals surface area contributed by atoms with Gasteiger partial charge in [0.1, 0.15) is 11.9 Å². The van der Waals surface area contributed by atoms with E-state index in [9.17, 15) is 9.90 Å². The van der Waals surface area contributed by atoms with Crippen molar-refractivity contribution in [3.8, 4) is 0 Å². The summed E-state index contributed by atoms with van der Waals surface area (Å²) in [6, 6.07) is 9.63. The van der Waals surface area contributed by atoms with Crippen molar-refractivity contribution >= 4 is 29.0 Å². The largest absolute Gasteiger partial charge is 0.393 e. The maximum atomic E-state index is 12.5. The lowest BCUT2D eigenvalue weighted by molar-refractivity contribution is -0.117. The predicted octanol–water partition coefficient (Wildman–Crippen LogP) is 2.82. The van der Waals surface area contributed by atoms with E-state index in [2.05, 4.69) is 53.0 Å². The molecule has 1 aromatic carbocycles. The topological polar surface area (TPSA) is 88.9 Å². The fraction of sp³-hybridized carbons (Fsp3) is 0.478. The average Bonchev–Trinajstić information content (AvgIpc) is 2.73. The van der Waals surface area contributed by atoms with Gasteiger partial charge in [-0.05, 0) is 29.2 Å². The summed E-state index contributed by atoms with van der Waals surface area (Å²) in [5.74, 6) is 0.619. The highest BCUT2D eigenvalue weighted by atomic mass is 35.5. The Morgan fingerprint density at radius 3 is 2.39 bits per heavy atom. The van der Waals surface area contributed by atoms with Crippen molar-refractivity contribution in [1.82, 2.24) is 9.88 Å². The molecule has 1 amide bonds. The minimum Gasteiger partial charge on any atom is -0.393 e. The van der Waals surface area contributed by atoms with Gasteiger partial charge in [-0.3, -0.25) is 9.69 Å². The monoisotopic (exact) mass is 446 g/mol. The summed E-state index contributed by atoms with van der Waals surface area (Å²) in [4.78, 5) is 21.0. The smallest absolute Gasteiger partial charge is 0.238 e. The van der Waals surface area contributed by atoms with Gasteiger partial charge in [0.05, 0.1) is 18.2 Å². The highest BCUT2D eigenvalue weighted by Gasteiger charge is 2.22. The number of aromatic nitrogens is 1. The van der Waals surface area contributed by atoms with Crippen LogP contribution in [0.25, 0.3) is 0 Å². The third kappa shape index (κ3) is 6.17. The van der Waals surface area contributed by atoms with E-state index in [0.29, 0.717) is 36.0 Å². The zero-order chi connectivity index (χ0) is 22.6. The number of carbonyl (C=O) groups excluding carboxylic acids is 1. The molecule has 2 heterocycles. The number of rotatable bonds is 6. The summed E-state index contributed by atoms with van der Waals surface area (Å²) in [5, 5.41) is 22.2. The van der Waals surface area contributed by atoms with Crippen LogP contribution in [0.15, 0.2) is 36.5 Å². The lowest BCUT2D eigenvalue weighted by Crippen LogP contribution is -2.49. The number of nitrogens with one attached hydrogen (secondary N) is 1. The lowest BCUT2D eigenvalue weighted by atomic mass is 9.87. The number of amides is 1. The third-order valence-corrected chi connectivity index (χ3v) is 5.75. The maximum absolute atomic E-state index is 12.5. The van der Waals surface area contributed by atoms with E-state index < -0.39 is 6.10 Å². The van der Waals surface area contributed by atoms with Crippen LogP contribution in [0.3, 0.4) is 0 Å². The van der Waals surface area contributed by atoms with E-state index in [-0.39, 0.29) is 17.9 Å². The molecule has 0 saturated carbocycles. The Kier molecular flexibility index (Phi) is 7.54. The molecule has 2 aromatic rings. The van der Waals surface area contributed by atoms with Crippen LogP contribution >= 0.6 is 11.6 Å². The first kappa shape index (κ1) is 23.5. The molecule has 0 spiro atoms. The van der Waals surface area contributed by atoms with Crippen molar-refractivity contribution in [3.63, 3.8) is 0 Å². The van der Waals surface area contributed by atoms with Crippen LogP contribution in [-0.4, -0.2) is 65.3 Å². The summed E-state index contributed by atoms with van der Waals surface area (Å²) in [6.07, 6.45) is 0.548. The SMILES string of the molecule is CC(C)(C)c1ccc(NC(=O)CN2CCN(c3ncc([C@H](O)CO)cc3Cl)CC2)cc1. The number of halogens is 1. The maximum Gasteiger partial charge on any atom is 0.238 e. The van der Waals surface area contributed by atoms with Crippen molar-refractivity contribution in [2.24, 2.45) is 0 Å². The lowest BCUT2D eigenvalue weighted by Gasteiger charge is -2.35. The summed E-state index contributed by atoms with van der Waals surface area (Å²) in [7, 11) is 0. The highest BCUT2D eigenvalue weighted by molar-refractivity contribution is 6.33. The number of pyridine rings is 1. The number of hydrogen-bond donors (Lipinski definition) is 3. The van der Waals surface area contributed by atoms with Gasteiger partial charge in [0.25, 0.3) is 0 Å². The van der Waals surface area contributed by atoms with Gasteiger partial charge in [-0.2, -0.15) is 0 Å². The molecule has 0 bridgehead atoms. The van der Waals surface area contributed by atoms with Crippen LogP contribution in [0.2, 0.25) is 5.02 Å². The molecule has 0 radical (unpaired) electrons. The van der Waals surface area contributed by atoms with Gasteiger partial charge in [0, 0.05) is 43.6 Å². The molecule has 168 valence electrons. The minimum absolute atomic E-state index is 0.0320. The van der Waals surface area contributed by atoms with Gasteiger partial charge < -0.3 is 20.4 Å². The zero-order valence-electron chi connectivity index (χ0n) is 18.3. The zero-order valence-corrected chi connectivity index (χ0v) is 19.1. The normalized spacial score (nSPS) is 16.3.